The average molecular weight is 256 g/mol. The quantitative estimate of drug-likeness (QED) is 0.705. The predicted molar refractivity (Wildman–Crippen MR) is 73.6 cm³/mol. The fourth-order valence-corrected chi connectivity index (χ4v) is 2.76. The van der Waals surface area contributed by atoms with Gasteiger partial charge in [-0.3, -0.25) is 4.79 Å². The van der Waals surface area contributed by atoms with Crippen molar-refractivity contribution in [2.24, 2.45) is 0 Å². The third kappa shape index (κ3) is 3.95. The molecule has 0 aromatic carbocycles. The zero-order valence-electron chi connectivity index (χ0n) is 12.3. The van der Waals surface area contributed by atoms with Crippen molar-refractivity contribution in [3.05, 3.63) is 0 Å². The molecule has 1 saturated carbocycles. The summed E-state index contributed by atoms with van der Waals surface area (Å²) in [5, 5.41) is 3.08. The van der Waals surface area contributed by atoms with Crippen molar-refractivity contribution in [1.82, 2.24) is 10.2 Å². The Balaban J connectivity index is 2.32. The van der Waals surface area contributed by atoms with E-state index >= 15 is 0 Å². The van der Waals surface area contributed by atoms with Gasteiger partial charge in [-0.1, -0.05) is 12.8 Å². The van der Waals surface area contributed by atoms with Crippen LogP contribution in [0, 0.1) is 0 Å². The van der Waals surface area contributed by atoms with Gasteiger partial charge in [0, 0.05) is 6.04 Å². The van der Waals surface area contributed by atoms with Crippen molar-refractivity contribution in [3.63, 3.8) is 0 Å². The number of carbonyl (C=O) groups excluding carboxylic acids is 1. The molecule has 0 radical (unpaired) electrons. The smallest absolute Gasteiger partial charge is 0.325 e. The van der Waals surface area contributed by atoms with E-state index in [-0.39, 0.29) is 5.97 Å². The van der Waals surface area contributed by atoms with Crippen molar-refractivity contribution in [2.75, 3.05) is 27.7 Å². The van der Waals surface area contributed by atoms with Crippen LogP contribution in [0.5, 0.6) is 0 Å². The number of methoxy groups -OCH3 is 1. The molecule has 4 heteroatoms. The fourth-order valence-electron chi connectivity index (χ4n) is 2.76. The molecule has 1 aliphatic carbocycles. The van der Waals surface area contributed by atoms with Crippen LogP contribution < -0.4 is 5.32 Å². The Hall–Kier alpha value is -0.610. The van der Waals surface area contributed by atoms with Gasteiger partial charge in [-0.05, 0) is 53.2 Å². The van der Waals surface area contributed by atoms with Gasteiger partial charge in [0.1, 0.15) is 5.54 Å². The van der Waals surface area contributed by atoms with Crippen LogP contribution in [0.3, 0.4) is 0 Å². The molecule has 18 heavy (non-hydrogen) atoms. The fraction of sp³-hybridized carbons (Fsp3) is 0.929. The van der Waals surface area contributed by atoms with Crippen LogP contribution in [0.2, 0.25) is 0 Å². The molecule has 0 saturated heterocycles. The molecular weight excluding hydrogens is 228 g/mol. The summed E-state index contributed by atoms with van der Waals surface area (Å²) in [6.45, 7) is 2.97. The lowest BCUT2D eigenvalue weighted by Gasteiger charge is -2.28. The lowest BCUT2D eigenvalue weighted by molar-refractivity contribution is -0.148. The van der Waals surface area contributed by atoms with E-state index in [1.807, 2.05) is 14.0 Å². The SMILES string of the molecule is CNC(C)(CCCN(C)C1CCCC1)C(=O)OC. The number of rotatable bonds is 7. The van der Waals surface area contributed by atoms with E-state index in [0.29, 0.717) is 0 Å². The second kappa shape index (κ2) is 7.10. The van der Waals surface area contributed by atoms with E-state index in [0.717, 1.165) is 25.4 Å². The summed E-state index contributed by atoms with van der Waals surface area (Å²) in [6.07, 6.45) is 7.22. The molecule has 0 heterocycles. The first kappa shape index (κ1) is 15.4. The number of ether oxygens (including phenoxy) is 1. The van der Waals surface area contributed by atoms with Crippen LogP contribution in [-0.2, 0) is 9.53 Å². The maximum absolute atomic E-state index is 11.7. The van der Waals surface area contributed by atoms with Crippen LogP contribution in [0.1, 0.15) is 45.4 Å². The second-order valence-corrected chi connectivity index (χ2v) is 5.60. The zero-order chi connectivity index (χ0) is 13.6. The minimum atomic E-state index is -0.550. The molecule has 0 spiro atoms. The number of hydrogen-bond donors (Lipinski definition) is 1. The van der Waals surface area contributed by atoms with E-state index < -0.39 is 5.54 Å². The summed E-state index contributed by atoms with van der Waals surface area (Å²) in [7, 11) is 5.46. The molecule has 0 aromatic heterocycles. The molecule has 0 bridgehead atoms. The van der Waals surface area contributed by atoms with E-state index in [9.17, 15) is 4.79 Å². The molecule has 0 aromatic rings. The lowest BCUT2D eigenvalue weighted by Crippen LogP contribution is -2.48. The molecule has 1 unspecified atom stereocenters. The number of likely N-dealkylation sites (N-methyl/N-ethyl adjacent to an activating group) is 1. The first-order valence-electron chi connectivity index (χ1n) is 7.01. The maximum Gasteiger partial charge on any atom is 0.325 e. The number of nitrogens with zero attached hydrogens (tertiary/aromatic N) is 1. The minimum Gasteiger partial charge on any atom is -0.468 e. The highest BCUT2D eigenvalue weighted by Crippen LogP contribution is 2.23. The number of hydrogen-bond acceptors (Lipinski definition) is 4. The van der Waals surface area contributed by atoms with Crippen molar-refractivity contribution in [2.45, 2.75) is 57.0 Å². The average Bonchev–Trinajstić information content (AvgIpc) is 2.91. The van der Waals surface area contributed by atoms with Crippen LogP contribution in [0.25, 0.3) is 0 Å². The van der Waals surface area contributed by atoms with Crippen LogP contribution in [0.4, 0.5) is 0 Å². The molecule has 4 nitrogen and oxygen atoms in total. The van der Waals surface area contributed by atoms with Gasteiger partial charge in [0.2, 0.25) is 0 Å². The van der Waals surface area contributed by atoms with Crippen LogP contribution >= 0.6 is 0 Å². The molecule has 1 aliphatic rings. The van der Waals surface area contributed by atoms with Gasteiger partial charge in [0.15, 0.2) is 0 Å². The lowest BCUT2D eigenvalue weighted by atomic mass is 9.96. The third-order valence-corrected chi connectivity index (χ3v) is 4.32. The summed E-state index contributed by atoms with van der Waals surface area (Å²) in [6, 6.07) is 0.754. The van der Waals surface area contributed by atoms with E-state index in [1.54, 1.807) is 0 Å². The normalized spacial score (nSPS) is 20.1. The predicted octanol–water partition coefficient (Wildman–Crippen LogP) is 1.79. The summed E-state index contributed by atoms with van der Waals surface area (Å²) in [5.41, 5.74) is -0.550. The maximum atomic E-state index is 11.7. The summed E-state index contributed by atoms with van der Waals surface area (Å²) >= 11 is 0. The molecule has 1 N–H and O–H groups in total. The first-order chi connectivity index (χ1) is 8.53. The molecule has 106 valence electrons. The van der Waals surface area contributed by atoms with E-state index in [2.05, 4.69) is 17.3 Å². The number of carbonyl (C=O) groups is 1. The van der Waals surface area contributed by atoms with Crippen LogP contribution in [-0.4, -0.2) is 50.2 Å². The Kier molecular flexibility index (Phi) is 6.09. The monoisotopic (exact) mass is 256 g/mol. The molecule has 1 fully saturated rings. The molecular formula is C14H28N2O2. The van der Waals surface area contributed by atoms with Gasteiger partial charge >= 0.3 is 5.97 Å². The van der Waals surface area contributed by atoms with Gasteiger partial charge in [-0.25, -0.2) is 0 Å². The van der Waals surface area contributed by atoms with Gasteiger partial charge in [-0.2, -0.15) is 0 Å². The summed E-state index contributed by atoms with van der Waals surface area (Å²) in [4.78, 5) is 14.1. The molecule has 1 atom stereocenters. The Morgan fingerprint density at radius 2 is 2.06 bits per heavy atom. The van der Waals surface area contributed by atoms with Crippen molar-refractivity contribution >= 4 is 5.97 Å². The highest BCUT2D eigenvalue weighted by Gasteiger charge is 2.32. The Morgan fingerprint density at radius 3 is 2.56 bits per heavy atom. The van der Waals surface area contributed by atoms with Crippen LogP contribution in [0.15, 0.2) is 0 Å². The Morgan fingerprint density at radius 1 is 1.44 bits per heavy atom. The summed E-state index contributed by atoms with van der Waals surface area (Å²) < 4.78 is 4.85. The third-order valence-electron chi connectivity index (χ3n) is 4.32. The Labute approximate surface area is 111 Å². The molecule has 1 rings (SSSR count). The largest absolute Gasteiger partial charge is 0.468 e. The van der Waals surface area contributed by atoms with Crippen molar-refractivity contribution in [1.29, 1.82) is 0 Å². The summed E-state index contributed by atoms with van der Waals surface area (Å²) in [5.74, 6) is -0.173. The van der Waals surface area contributed by atoms with Crippen molar-refractivity contribution < 1.29 is 9.53 Å². The number of nitrogens with one attached hydrogen (secondary N) is 1. The minimum absolute atomic E-state index is 0.173. The van der Waals surface area contributed by atoms with E-state index in [4.69, 9.17) is 4.74 Å². The Bertz CT molecular complexity index is 265. The van der Waals surface area contributed by atoms with Gasteiger partial charge in [0.05, 0.1) is 7.11 Å². The van der Waals surface area contributed by atoms with Gasteiger partial charge < -0.3 is 15.0 Å². The molecule has 0 aliphatic heterocycles. The van der Waals surface area contributed by atoms with Crippen molar-refractivity contribution in [3.8, 4) is 0 Å². The number of esters is 1. The first-order valence-corrected chi connectivity index (χ1v) is 7.01. The van der Waals surface area contributed by atoms with E-state index in [1.165, 1.54) is 32.8 Å². The topological polar surface area (TPSA) is 41.6 Å². The standard InChI is InChI=1S/C14H28N2O2/c1-14(15-2,13(17)18-4)10-7-11-16(3)12-8-5-6-9-12/h12,15H,5-11H2,1-4H3. The highest BCUT2D eigenvalue weighted by atomic mass is 16.5. The highest BCUT2D eigenvalue weighted by molar-refractivity contribution is 5.80. The zero-order valence-corrected chi connectivity index (χ0v) is 12.3. The van der Waals surface area contributed by atoms with Gasteiger partial charge in [0.25, 0.3) is 0 Å². The second-order valence-electron chi connectivity index (χ2n) is 5.60. The molecule has 0 amide bonds. The van der Waals surface area contributed by atoms with Gasteiger partial charge in [-0.15, -0.1) is 0 Å².